The van der Waals surface area contributed by atoms with Gasteiger partial charge in [-0.2, -0.15) is 0 Å². The Morgan fingerprint density at radius 2 is 1.85 bits per heavy atom. The molecule has 2 N–H and O–H groups in total. The van der Waals surface area contributed by atoms with Gasteiger partial charge in [-0.05, 0) is 57.7 Å². The monoisotopic (exact) mass is 291 g/mol. The van der Waals surface area contributed by atoms with Crippen molar-refractivity contribution < 1.29 is 0 Å². The zero-order chi connectivity index (χ0) is 14.5. The molecule has 0 aliphatic rings. The Morgan fingerprint density at radius 3 is 2.55 bits per heavy atom. The molecule has 1 aromatic heterocycles. The van der Waals surface area contributed by atoms with E-state index in [4.69, 9.17) is 5.73 Å². The summed E-state index contributed by atoms with van der Waals surface area (Å²) in [5.74, 6) is 0. The van der Waals surface area contributed by atoms with Crippen LogP contribution in [0.1, 0.15) is 16.9 Å². The smallest absolute Gasteiger partial charge is 0.0349 e. The molecule has 0 unspecified atom stereocenters. The van der Waals surface area contributed by atoms with E-state index in [2.05, 4.69) is 55.2 Å². The van der Waals surface area contributed by atoms with E-state index in [1.54, 1.807) is 0 Å². The third-order valence-electron chi connectivity index (χ3n) is 3.54. The number of fused-ring (bicyclic) bond motifs is 1. The van der Waals surface area contributed by atoms with Crippen molar-refractivity contribution in [3.05, 3.63) is 34.7 Å². The lowest BCUT2D eigenvalue weighted by Crippen LogP contribution is -2.23. The van der Waals surface area contributed by atoms with Crippen LogP contribution in [0.15, 0.2) is 24.3 Å². The van der Waals surface area contributed by atoms with Crippen molar-refractivity contribution in [2.24, 2.45) is 5.73 Å². The van der Waals surface area contributed by atoms with Crippen LogP contribution in [0.3, 0.4) is 0 Å². The van der Waals surface area contributed by atoms with E-state index in [9.17, 15) is 0 Å². The second-order valence-electron chi connectivity index (χ2n) is 5.60. The summed E-state index contributed by atoms with van der Waals surface area (Å²) in [5, 5.41) is 1.37. The lowest BCUT2D eigenvalue weighted by Gasteiger charge is -2.18. The van der Waals surface area contributed by atoms with Crippen molar-refractivity contribution in [1.29, 1.82) is 0 Å². The van der Waals surface area contributed by atoms with Gasteiger partial charge < -0.3 is 15.5 Å². The molecule has 0 aliphatic carbocycles. The summed E-state index contributed by atoms with van der Waals surface area (Å²) in [6.45, 7) is 3.88. The second-order valence-corrected chi connectivity index (χ2v) is 6.74. The van der Waals surface area contributed by atoms with Crippen LogP contribution in [0, 0.1) is 0 Å². The van der Waals surface area contributed by atoms with Gasteiger partial charge in [-0.1, -0.05) is 18.2 Å². The molecule has 0 aliphatic heterocycles. The van der Waals surface area contributed by atoms with Crippen LogP contribution in [-0.4, -0.2) is 44.0 Å². The molecule has 2 aromatic rings. The fraction of sp³-hybridized carbons (Fsp3) is 0.500. The molecule has 0 radical (unpaired) electrons. The van der Waals surface area contributed by atoms with Gasteiger partial charge in [0.05, 0.1) is 0 Å². The van der Waals surface area contributed by atoms with Gasteiger partial charge >= 0.3 is 0 Å². The highest BCUT2D eigenvalue weighted by Crippen LogP contribution is 2.31. The van der Waals surface area contributed by atoms with Gasteiger partial charge in [-0.25, -0.2) is 0 Å². The van der Waals surface area contributed by atoms with Crippen molar-refractivity contribution in [3.63, 3.8) is 0 Å². The highest BCUT2D eigenvalue weighted by atomic mass is 32.1. The van der Waals surface area contributed by atoms with E-state index in [-0.39, 0.29) is 0 Å². The molecular weight excluding hydrogens is 266 g/mol. The molecule has 20 heavy (non-hydrogen) atoms. The highest BCUT2D eigenvalue weighted by Gasteiger charge is 2.12. The van der Waals surface area contributed by atoms with Gasteiger partial charge in [-0.3, -0.25) is 0 Å². The number of rotatable bonds is 7. The van der Waals surface area contributed by atoms with Crippen LogP contribution >= 0.6 is 11.3 Å². The Balaban J connectivity index is 2.08. The van der Waals surface area contributed by atoms with E-state index >= 15 is 0 Å². The fourth-order valence-corrected chi connectivity index (χ4v) is 3.59. The average Bonchev–Trinajstić information content (AvgIpc) is 2.76. The van der Waals surface area contributed by atoms with Gasteiger partial charge in [0.15, 0.2) is 0 Å². The second kappa shape index (κ2) is 7.18. The number of hydrogen-bond acceptors (Lipinski definition) is 4. The normalized spacial score (nSPS) is 11.9. The molecule has 0 fully saturated rings. The molecule has 0 spiro atoms. The molecule has 0 amide bonds. The topological polar surface area (TPSA) is 32.5 Å². The van der Waals surface area contributed by atoms with E-state index in [0.717, 1.165) is 19.6 Å². The molecule has 0 saturated carbocycles. The maximum absolute atomic E-state index is 5.92. The summed E-state index contributed by atoms with van der Waals surface area (Å²) in [6, 6.07) is 8.62. The van der Waals surface area contributed by atoms with Gasteiger partial charge in [0.2, 0.25) is 0 Å². The van der Waals surface area contributed by atoms with Gasteiger partial charge in [-0.15, -0.1) is 11.3 Å². The summed E-state index contributed by atoms with van der Waals surface area (Å²) in [7, 11) is 6.44. The van der Waals surface area contributed by atoms with Crippen molar-refractivity contribution in [1.82, 2.24) is 9.80 Å². The number of nitrogens with zero attached hydrogens (tertiary/aromatic N) is 2. The van der Waals surface area contributed by atoms with Gasteiger partial charge in [0.1, 0.15) is 0 Å². The predicted octanol–water partition coefficient (Wildman–Crippen LogP) is 2.74. The Labute approximate surface area is 126 Å². The molecule has 0 atom stereocenters. The standard InChI is InChI=1S/C16H25N3S/c1-18(2)9-6-10-19(3)12-14-13-7-4-5-8-15(13)20-16(14)11-17/h4-5,7-8H,6,9-12,17H2,1-3H3. The first-order valence-electron chi connectivity index (χ1n) is 7.14. The van der Waals surface area contributed by atoms with Crippen LogP contribution in [0.4, 0.5) is 0 Å². The van der Waals surface area contributed by atoms with Gasteiger partial charge in [0, 0.05) is 22.7 Å². The minimum absolute atomic E-state index is 0.639. The third kappa shape index (κ3) is 3.79. The fourth-order valence-electron chi connectivity index (χ4n) is 2.49. The van der Waals surface area contributed by atoms with Crippen LogP contribution in [0.25, 0.3) is 10.1 Å². The summed E-state index contributed by atoms with van der Waals surface area (Å²) in [6.07, 6.45) is 1.20. The third-order valence-corrected chi connectivity index (χ3v) is 4.78. The van der Waals surface area contributed by atoms with Crippen molar-refractivity contribution >= 4 is 21.4 Å². The van der Waals surface area contributed by atoms with Crippen molar-refractivity contribution in [2.75, 3.05) is 34.2 Å². The molecule has 0 saturated heterocycles. The molecule has 2 rings (SSSR count). The molecule has 4 heteroatoms. The largest absolute Gasteiger partial charge is 0.326 e. The number of nitrogens with two attached hydrogens (primary N) is 1. The van der Waals surface area contributed by atoms with Crippen LogP contribution in [0.5, 0.6) is 0 Å². The Bertz CT molecular complexity index is 548. The average molecular weight is 291 g/mol. The SMILES string of the molecule is CN(C)CCCN(C)Cc1c(CN)sc2ccccc12. The number of thiophene rings is 1. The quantitative estimate of drug-likeness (QED) is 0.851. The van der Waals surface area contributed by atoms with E-state index in [1.807, 2.05) is 11.3 Å². The first-order chi connectivity index (χ1) is 9.61. The molecular formula is C16H25N3S. The summed E-state index contributed by atoms with van der Waals surface area (Å²) in [5.41, 5.74) is 7.33. The molecule has 3 nitrogen and oxygen atoms in total. The maximum Gasteiger partial charge on any atom is 0.0349 e. The molecule has 0 bridgehead atoms. The van der Waals surface area contributed by atoms with E-state index < -0.39 is 0 Å². The van der Waals surface area contributed by atoms with Crippen LogP contribution in [-0.2, 0) is 13.1 Å². The van der Waals surface area contributed by atoms with E-state index in [0.29, 0.717) is 6.54 Å². The van der Waals surface area contributed by atoms with Crippen LogP contribution < -0.4 is 5.73 Å². The lowest BCUT2D eigenvalue weighted by molar-refractivity contribution is 0.295. The predicted molar refractivity (Wildman–Crippen MR) is 89.2 cm³/mol. The van der Waals surface area contributed by atoms with Crippen molar-refractivity contribution in [2.45, 2.75) is 19.5 Å². The zero-order valence-corrected chi connectivity index (χ0v) is 13.5. The minimum Gasteiger partial charge on any atom is -0.326 e. The maximum atomic E-state index is 5.92. The summed E-state index contributed by atoms with van der Waals surface area (Å²) >= 11 is 1.83. The summed E-state index contributed by atoms with van der Waals surface area (Å²) < 4.78 is 1.35. The Hall–Kier alpha value is -0.940. The Kier molecular flexibility index (Phi) is 5.54. The van der Waals surface area contributed by atoms with E-state index in [1.165, 1.54) is 26.9 Å². The molecule has 1 heterocycles. The van der Waals surface area contributed by atoms with Crippen LogP contribution in [0.2, 0.25) is 0 Å². The minimum atomic E-state index is 0.639. The van der Waals surface area contributed by atoms with Gasteiger partial charge in [0.25, 0.3) is 0 Å². The molecule has 110 valence electrons. The lowest BCUT2D eigenvalue weighted by atomic mass is 10.1. The highest BCUT2D eigenvalue weighted by molar-refractivity contribution is 7.19. The first-order valence-corrected chi connectivity index (χ1v) is 7.96. The summed E-state index contributed by atoms with van der Waals surface area (Å²) in [4.78, 5) is 5.96. The zero-order valence-electron chi connectivity index (χ0n) is 12.7. The Morgan fingerprint density at radius 1 is 1.10 bits per heavy atom. The molecule has 1 aromatic carbocycles. The number of benzene rings is 1. The first kappa shape index (κ1) is 15.4. The van der Waals surface area contributed by atoms with Crippen molar-refractivity contribution in [3.8, 4) is 0 Å². The number of hydrogen-bond donors (Lipinski definition) is 1.